The third-order valence-corrected chi connectivity index (χ3v) is 6.75. The fourth-order valence-corrected chi connectivity index (χ4v) is 5.23. The molecule has 0 N–H and O–H groups in total. The normalized spacial score (nSPS) is 11.2. The monoisotopic (exact) mass is 440 g/mol. The van der Waals surface area contributed by atoms with E-state index in [1.165, 1.54) is 24.4 Å². The van der Waals surface area contributed by atoms with Gasteiger partial charge in [-0.15, -0.1) is 11.3 Å². The van der Waals surface area contributed by atoms with E-state index in [-0.39, 0.29) is 28.1 Å². The summed E-state index contributed by atoms with van der Waals surface area (Å²) in [7, 11) is -4.15. The Kier molecular flexibility index (Phi) is 5.31. The van der Waals surface area contributed by atoms with Crippen molar-refractivity contribution < 1.29 is 17.5 Å². The molecule has 2 heterocycles. The van der Waals surface area contributed by atoms with E-state index in [2.05, 4.69) is 9.97 Å². The lowest BCUT2D eigenvalue weighted by molar-refractivity contribution is 0.367. The smallest absolute Gasteiger partial charge is 0.270 e. The first-order valence-electron chi connectivity index (χ1n) is 8.58. The largest absolute Gasteiger partial charge is 0.476 e. The highest BCUT2D eigenvalue weighted by Gasteiger charge is 2.31. The van der Waals surface area contributed by atoms with Crippen LogP contribution < -0.4 is 9.04 Å². The van der Waals surface area contributed by atoms with Gasteiger partial charge in [-0.05, 0) is 35.7 Å². The molecule has 10 heteroatoms. The summed E-state index contributed by atoms with van der Waals surface area (Å²) in [4.78, 5) is 8.18. The molecule has 2 aromatic carbocycles. The molecule has 0 saturated carbocycles. The van der Waals surface area contributed by atoms with Crippen LogP contribution in [0.1, 0.15) is 0 Å². The number of thiazole rings is 1. The molecule has 0 radical (unpaired) electrons. The summed E-state index contributed by atoms with van der Waals surface area (Å²) in [5, 5.41) is 12.1. The van der Waals surface area contributed by atoms with E-state index in [0.717, 1.165) is 33.2 Å². The highest BCUT2D eigenvalue weighted by molar-refractivity contribution is 7.93. The van der Waals surface area contributed by atoms with Gasteiger partial charge in [0.2, 0.25) is 5.13 Å². The minimum Gasteiger partial charge on any atom is -0.476 e. The van der Waals surface area contributed by atoms with Gasteiger partial charge in [-0.3, -0.25) is 4.98 Å². The predicted molar refractivity (Wildman–Crippen MR) is 111 cm³/mol. The van der Waals surface area contributed by atoms with Gasteiger partial charge in [0.05, 0.1) is 4.90 Å². The third kappa shape index (κ3) is 3.68. The molecule has 30 heavy (non-hydrogen) atoms. The predicted octanol–water partition coefficient (Wildman–Crippen LogP) is 4.26. The number of benzene rings is 2. The Bertz CT molecular complexity index is 1350. The number of pyridine rings is 1. The molecule has 4 rings (SSSR count). The highest BCUT2D eigenvalue weighted by atomic mass is 32.2. The van der Waals surface area contributed by atoms with Crippen LogP contribution in [0.25, 0.3) is 10.8 Å². The van der Waals surface area contributed by atoms with Crippen molar-refractivity contribution in [2.75, 3.05) is 10.9 Å². The second-order valence-electron chi connectivity index (χ2n) is 6.03. The van der Waals surface area contributed by atoms with Crippen LogP contribution in [0, 0.1) is 17.1 Å². The van der Waals surface area contributed by atoms with Crippen LogP contribution in [0.4, 0.5) is 15.2 Å². The summed E-state index contributed by atoms with van der Waals surface area (Å²) in [6, 6.07) is 11.6. The van der Waals surface area contributed by atoms with Crippen LogP contribution >= 0.6 is 11.3 Å². The third-order valence-electron chi connectivity index (χ3n) is 4.18. The van der Waals surface area contributed by atoms with Gasteiger partial charge >= 0.3 is 0 Å². The van der Waals surface area contributed by atoms with Gasteiger partial charge in [0.15, 0.2) is 6.61 Å². The number of halogens is 1. The molecule has 0 atom stereocenters. The molecule has 0 bridgehead atoms. The van der Waals surface area contributed by atoms with Gasteiger partial charge < -0.3 is 4.74 Å². The molecule has 0 aliphatic heterocycles. The Morgan fingerprint density at radius 1 is 1.13 bits per heavy atom. The van der Waals surface area contributed by atoms with Crippen molar-refractivity contribution in [3.63, 3.8) is 0 Å². The number of rotatable bonds is 6. The minimum atomic E-state index is -4.15. The van der Waals surface area contributed by atoms with Gasteiger partial charge in [0, 0.05) is 35.4 Å². The maximum absolute atomic E-state index is 13.8. The zero-order chi connectivity index (χ0) is 21.1. The van der Waals surface area contributed by atoms with Gasteiger partial charge in [0.25, 0.3) is 10.0 Å². The zero-order valence-corrected chi connectivity index (χ0v) is 16.9. The summed E-state index contributed by atoms with van der Waals surface area (Å²) in [6.07, 6.45) is 4.68. The van der Waals surface area contributed by atoms with Gasteiger partial charge in [-0.2, -0.15) is 5.26 Å². The van der Waals surface area contributed by atoms with Crippen molar-refractivity contribution in [1.82, 2.24) is 9.97 Å². The fraction of sp³-hybridized carbons (Fsp3) is 0.0500. The lowest BCUT2D eigenvalue weighted by Crippen LogP contribution is -2.27. The van der Waals surface area contributed by atoms with Crippen molar-refractivity contribution in [3.05, 3.63) is 72.3 Å². The number of anilines is 2. The molecular formula is C20H13FN4O3S2. The number of nitriles is 1. The second kappa shape index (κ2) is 8.06. The van der Waals surface area contributed by atoms with Crippen molar-refractivity contribution in [1.29, 1.82) is 5.26 Å². The first-order chi connectivity index (χ1) is 14.5. The topological polar surface area (TPSA) is 96.2 Å². The van der Waals surface area contributed by atoms with Crippen molar-refractivity contribution in [2.24, 2.45) is 0 Å². The maximum Gasteiger partial charge on any atom is 0.270 e. The molecule has 2 aromatic heterocycles. The van der Waals surface area contributed by atoms with E-state index in [1.54, 1.807) is 36.0 Å². The molecule has 0 aliphatic carbocycles. The van der Waals surface area contributed by atoms with Crippen LogP contribution in [0.5, 0.6) is 5.75 Å². The lowest BCUT2D eigenvalue weighted by atomic mass is 10.2. The molecule has 7 nitrogen and oxygen atoms in total. The molecule has 0 aliphatic rings. The van der Waals surface area contributed by atoms with Crippen molar-refractivity contribution >= 4 is 43.0 Å². The maximum atomic E-state index is 13.8. The first kappa shape index (κ1) is 19.8. The molecule has 0 saturated heterocycles. The average Bonchev–Trinajstić information content (AvgIpc) is 3.27. The molecule has 0 fully saturated rings. The van der Waals surface area contributed by atoms with Crippen LogP contribution in [-0.4, -0.2) is 25.0 Å². The summed E-state index contributed by atoms with van der Waals surface area (Å²) < 4.78 is 47.4. The Morgan fingerprint density at radius 2 is 2.00 bits per heavy atom. The Hall–Kier alpha value is -3.55. The Balaban J connectivity index is 1.91. The molecule has 0 spiro atoms. The van der Waals surface area contributed by atoms with E-state index in [4.69, 9.17) is 10.00 Å². The molecule has 0 unspecified atom stereocenters. The van der Waals surface area contributed by atoms with Crippen molar-refractivity contribution in [2.45, 2.75) is 4.90 Å². The number of hydrogen-bond donors (Lipinski definition) is 0. The number of hydrogen-bond acceptors (Lipinski definition) is 7. The van der Waals surface area contributed by atoms with Crippen LogP contribution in [0.3, 0.4) is 0 Å². The summed E-state index contributed by atoms with van der Waals surface area (Å²) in [5.74, 6) is -0.707. The Morgan fingerprint density at radius 3 is 2.77 bits per heavy atom. The summed E-state index contributed by atoms with van der Waals surface area (Å²) in [6.45, 7) is -0.370. The number of ether oxygens (including phenoxy) is 1. The van der Waals surface area contributed by atoms with Crippen molar-refractivity contribution in [3.8, 4) is 11.8 Å². The molecule has 150 valence electrons. The number of aromatic nitrogens is 2. The van der Waals surface area contributed by atoms with Crippen LogP contribution in [-0.2, 0) is 10.0 Å². The SMILES string of the molecule is N#CCOc1cc(F)ccc1N(c1nccs1)S(=O)(=O)c1ccc2cnccc2c1. The quantitative estimate of drug-likeness (QED) is 0.444. The highest BCUT2D eigenvalue weighted by Crippen LogP contribution is 2.40. The van der Waals surface area contributed by atoms with Gasteiger partial charge in [-0.1, -0.05) is 6.07 Å². The van der Waals surface area contributed by atoms with Crippen LogP contribution in [0.2, 0.25) is 0 Å². The van der Waals surface area contributed by atoms with Gasteiger partial charge in [-0.25, -0.2) is 22.1 Å². The van der Waals surface area contributed by atoms with E-state index < -0.39 is 15.8 Å². The minimum absolute atomic E-state index is 0.0203. The first-order valence-corrected chi connectivity index (χ1v) is 10.9. The standard InChI is InChI=1S/C20H13FN4O3S2/c21-16-2-4-18(19(12-16)28-9-6-22)25(20-24-8-10-29-20)30(26,27)17-3-1-15-13-23-7-5-14(15)11-17/h1-5,7-8,10-13H,9H2. The second-order valence-corrected chi connectivity index (χ2v) is 8.69. The van der Waals surface area contributed by atoms with E-state index >= 15 is 0 Å². The molecule has 0 amide bonds. The number of sulfonamides is 1. The summed E-state index contributed by atoms with van der Waals surface area (Å²) in [5.41, 5.74) is 0.0522. The molecular weight excluding hydrogens is 427 g/mol. The fourth-order valence-electron chi connectivity index (χ4n) is 2.86. The van der Waals surface area contributed by atoms with Crippen LogP contribution in [0.15, 0.2) is 71.3 Å². The lowest BCUT2D eigenvalue weighted by Gasteiger charge is -2.24. The van der Waals surface area contributed by atoms with E-state index in [1.807, 2.05) is 0 Å². The number of nitrogens with zero attached hydrogens (tertiary/aromatic N) is 4. The van der Waals surface area contributed by atoms with E-state index in [9.17, 15) is 12.8 Å². The average molecular weight is 440 g/mol. The number of fused-ring (bicyclic) bond motifs is 1. The zero-order valence-electron chi connectivity index (χ0n) is 15.3. The molecule has 4 aromatic rings. The Labute approximate surface area is 175 Å². The summed E-state index contributed by atoms with van der Waals surface area (Å²) >= 11 is 1.10. The van der Waals surface area contributed by atoms with E-state index in [0.29, 0.717) is 5.39 Å². The van der Waals surface area contributed by atoms with Gasteiger partial charge in [0.1, 0.15) is 23.3 Å².